The van der Waals surface area contributed by atoms with Gasteiger partial charge in [-0.15, -0.1) is 0 Å². The summed E-state index contributed by atoms with van der Waals surface area (Å²) in [5.41, 5.74) is 1.66. The van der Waals surface area contributed by atoms with Gasteiger partial charge in [-0.1, -0.05) is 36.4 Å². The number of anilines is 1. The average Bonchev–Trinajstić information content (AvgIpc) is 2.62. The Labute approximate surface area is 163 Å². The molecule has 2 amide bonds. The minimum absolute atomic E-state index is 0.0483. The van der Waals surface area contributed by atoms with Gasteiger partial charge < -0.3 is 10.6 Å². The molecule has 0 aliphatic heterocycles. The molecule has 144 valence electrons. The van der Waals surface area contributed by atoms with Gasteiger partial charge >= 0.3 is 0 Å². The third-order valence-corrected chi connectivity index (χ3v) is 4.65. The Hall–Kier alpha value is -2.38. The van der Waals surface area contributed by atoms with Crippen LogP contribution in [0.3, 0.4) is 0 Å². The molecule has 2 aromatic rings. The topological polar surface area (TPSA) is 61.4 Å². The first kappa shape index (κ1) is 20.9. The lowest BCUT2D eigenvalue weighted by molar-refractivity contribution is -0.122. The van der Waals surface area contributed by atoms with Crippen LogP contribution in [0.25, 0.3) is 0 Å². The van der Waals surface area contributed by atoms with E-state index in [2.05, 4.69) is 22.8 Å². The number of hydrogen-bond donors (Lipinski definition) is 2. The van der Waals surface area contributed by atoms with Crippen LogP contribution < -0.4 is 10.6 Å². The van der Waals surface area contributed by atoms with Crippen molar-refractivity contribution in [1.29, 1.82) is 0 Å². The van der Waals surface area contributed by atoms with E-state index in [9.17, 15) is 14.0 Å². The van der Waals surface area contributed by atoms with E-state index in [1.807, 2.05) is 18.2 Å². The Morgan fingerprint density at radius 1 is 1.04 bits per heavy atom. The molecule has 0 aliphatic carbocycles. The quantitative estimate of drug-likeness (QED) is 0.614. The van der Waals surface area contributed by atoms with Crippen molar-refractivity contribution in [2.75, 3.05) is 37.8 Å². The lowest BCUT2D eigenvalue weighted by Crippen LogP contribution is -2.39. The molecular weight excluding hydrogens is 365 g/mol. The van der Waals surface area contributed by atoms with Gasteiger partial charge in [0.05, 0.1) is 13.1 Å². The van der Waals surface area contributed by atoms with Gasteiger partial charge in [-0.2, -0.15) is 11.8 Å². The molecule has 2 aromatic carbocycles. The van der Waals surface area contributed by atoms with E-state index < -0.39 is 5.82 Å². The Morgan fingerprint density at radius 3 is 2.52 bits per heavy atom. The average molecular weight is 389 g/mol. The van der Waals surface area contributed by atoms with Crippen molar-refractivity contribution < 1.29 is 14.0 Å². The van der Waals surface area contributed by atoms with Crippen molar-refractivity contribution in [2.45, 2.75) is 5.75 Å². The van der Waals surface area contributed by atoms with Crippen LogP contribution in [0.5, 0.6) is 0 Å². The lowest BCUT2D eigenvalue weighted by atomic mass is 10.2. The summed E-state index contributed by atoms with van der Waals surface area (Å²) in [5, 5.41) is 5.45. The fourth-order valence-corrected chi connectivity index (χ4v) is 3.21. The SMILES string of the molecule is CN(CC(=O)NCCSCc1ccccc1)CC(=O)Nc1cccc(F)c1. The number of carbonyl (C=O) groups excluding carboxylic acids is 2. The van der Waals surface area contributed by atoms with E-state index in [1.54, 1.807) is 29.8 Å². The molecule has 0 unspecified atom stereocenters. The molecule has 0 heterocycles. The summed E-state index contributed by atoms with van der Waals surface area (Å²) in [7, 11) is 1.69. The number of thioether (sulfide) groups is 1. The van der Waals surface area contributed by atoms with Gasteiger partial charge in [0.2, 0.25) is 11.8 Å². The number of hydrogen-bond acceptors (Lipinski definition) is 4. The summed E-state index contributed by atoms with van der Waals surface area (Å²) < 4.78 is 13.1. The van der Waals surface area contributed by atoms with Crippen LogP contribution in [0.1, 0.15) is 5.56 Å². The normalized spacial score (nSPS) is 10.6. The largest absolute Gasteiger partial charge is 0.354 e. The summed E-state index contributed by atoms with van der Waals surface area (Å²) in [6.07, 6.45) is 0. The number of nitrogens with zero attached hydrogens (tertiary/aromatic N) is 1. The van der Waals surface area contributed by atoms with Gasteiger partial charge in [-0.05, 0) is 30.8 Å². The van der Waals surface area contributed by atoms with Crippen LogP contribution in [0.2, 0.25) is 0 Å². The minimum atomic E-state index is -0.411. The molecule has 0 bridgehead atoms. The minimum Gasteiger partial charge on any atom is -0.354 e. The number of likely N-dealkylation sites (N-methyl/N-ethyl adjacent to an activating group) is 1. The number of rotatable bonds is 10. The highest BCUT2D eigenvalue weighted by Crippen LogP contribution is 2.10. The monoisotopic (exact) mass is 389 g/mol. The van der Waals surface area contributed by atoms with Gasteiger partial charge in [0.25, 0.3) is 0 Å². The first-order chi connectivity index (χ1) is 13.0. The molecule has 0 spiro atoms. The molecule has 0 saturated heterocycles. The number of nitrogens with one attached hydrogen (secondary N) is 2. The van der Waals surface area contributed by atoms with Crippen LogP contribution in [-0.2, 0) is 15.3 Å². The fourth-order valence-electron chi connectivity index (χ4n) is 2.40. The number of benzene rings is 2. The third-order valence-electron chi connectivity index (χ3n) is 3.62. The first-order valence-corrected chi connectivity index (χ1v) is 9.81. The van der Waals surface area contributed by atoms with Crippen LogP contribution in [-0.4, -0.2) is 49.1 Å². The number of carbonyl (C=O) groups is 2. The molecular formula is C20H24FN3O2S. The highest BCUT2D eigenvalue weighted by molar-refractivity contribution is 7.98. The zero-order valence-electron chi connectivity index (χ0n) is 15.3. The molecule has 2 rings (SSSR count). The number of amides is 2. The zero-order valence-corrected chi connectivity index (χ0v) is 16.1. The van der Waals surface area contributed by atoms with E-state index in [4.69, 9.17) is 0 Å². The van der Waals surface area contributed by atoms with Gasteiger partial charge in [0.15, 0.2) is 0 Å². The molecule has 0 radical (unpaired) electrons. The van der Waals surface area contributed by atoms with Crippen molar-refractivity contribution in [1.82, 2.24) is 10.2 Å². The second-order valence-corrected chi connectivity index (χ2v) is 7.22. The Balaban J connectivity index is 1.58. The molecule has 0 saturated carbocycles. The second kappa shape index (κ2) is 11.4. The van der Waals surface area contributed by atoms with E-state index in [-0.39, 0.29) is 24.9 Å². The van der Waals surface area contributed by atoms with Gasteiger partial charge in [0, 0.05) is 23.7 Å². The molecule has 0 aliphatic rings. The van der Waals surface area contributed by atoms with Gasteiger partial charge in [0.1, 0.15) is 5.82 Å². The highest BCUT2D eigenvalue weighted by Gasteiger charge is 2.11. The van der Waals surface area contributed by atoms with Crippen molar-refractivity contribution in [2.24, 2.45) is 0 Å². The summed E-state index contributed by atoms with van der Waals surface area (Å²) in [4.78, 5) is 25.5. The molecule has 27 heavy (non-hydrogen) atoms. The van der Waals surface area contributed by atoms with Gasteiger partial charge in [-0.25, -0.2) is 4.39 Å². The fraction of sp³-hybridized carbons (Fsp3) is 0.300. The molecule has 0 atom stereocenters. The number of halogens is 1. The maximum atomic E-state index is 13.1. The van der Waals surface area contributed by atoms with Crippen molar-refractivity contribution >= 4 is 29.3 Å². The Morgan fingerprint density at radius 2 is 1.78 bits per heavy atom. The zero-order chi connectivity index (χ0) is 19.5. The van der Waals surface area contributed by atoms with E-state index in [0.717, 1.165) is 11.5 Å². The summed E-state index contributed by atoms with van der Waals surface area (Å²) in [6, 6.07) is 15.9. The second-order valence-electron chi connectivity index (χ2n) is 6.12. The van der Waals surface area contributed by atoms with Gasteiger partial charge in [-0.3, -0.25) is 14.5 Å². The summed E-state index contributed by atoms with van der Waals surface area (Å²) in [6.45, 7) is 0.756. The molecule has 0 aromatic heterocycles. The van der Waals surface area contributed by atoms with Crippen LogP contribution in [0.4, 0.5) is 10.1 Å². The predicted octanol–water partition coefficient (Wildman–Crippen LogP) is 2.75. The summed E-state index contributed by atoms with van der Waals surface area (Å²) in [5.74, 6) is 0.901. The Bertz CT molecular complexity index is 743. The molecule has 5 nitrogen and oxygen atoms in total. The lowest BCUT2D eigenvalue weighted by Gasteiger charge is -2.16. The summed E-state index contributed by atoms with van der Waals surface area (Å²) >= 11 is 1.76. The predicted molar refractivity (Wildman–Crippen MR) is 108 cm³/mol. The van der Waals surface area contributed by atoms with Crippen molar-refractivity contribution in [3.05, 3.63) is 66.0 Å². The van der Waals surface area contributed by atoms with Crippen LogP contribution in [0, 0.1) is 5.82 Å². The molecule has 0 fully saturated rings. The third kappa shape index (κ3) is 8.70. The smallest absolute Gasteiger partial charge is 0.238 e. The van der Waals surface area contributed by atoms with Crippen LogP contribution in [0.15, 0.2) is 54.6 Å². The molecule has 7 heteroatoms. The first-order valence-electron chi connectivity index (χ1n) is 8.65. The van der Waals surface area contributed by atoms with E-state index >= 15 is 0 Å². The molecule has 2 N–H and O–H groups in total. The highest BCUT2D eigenvalue weighted by atomic mass is 32.2. The standard InChI is InChI=1S/C20H24FN3O2S/c1-24(14-20(26)23-18-9-5-8-17(21)12-18)13-19(25)22-10-11-27-15-16-6-3-2-4-7-16/h2-9,12H,10-11,13-15H2,1H3,(H,22,25)(H,23,26). The Kier molecular flexibility index (Phi) is 8.80. The maximum absolute atomic E-state index is 13.1. The van der Waals surface area contributed by atoms with E-state index in [0.29, 0.717) is 12.2 Å². The van der Waals surface area contributed by atoms with E-state index in [1.165, 1.54) is 23.8 Å². The maximum Gasteiger partial charge on any atom is 0.238 e. The van der Waals surface area contributed by atoms with Crippen molar-refractivity contribution in [3.63, 3.8) is 0 Å². The van der Waals surface area contributed by atoms with Crippen molar-refractivity contribution in [3.8, 4) is 0 Å². The van der Waals surface area contributed by atoms with Crippen LogP contribution >= 0.6 is 11.8 Å².